The van der Waals surface area contributed by atoms with Gasteiger partial charge in [0, 0.05) is 17.8 Å². The SMILES string of the molecule is O=C(O)C[C@@H]1C=C[C@H]2[C@H](COc3ccc(NC(=O)c4ccc(C(F)(F)F)cc4)cc3C(=O)N2CCOCc2ccccc2)O1. The topological polar surface area (TPSA) is 114 Å². The van der Waals surface area contributed by atoms with Crippen LogP contribution < -0.4 is 10.1 Å². The van der Waals surface area contributed by atoms with Crippen LogP contribution in [0.1, 0.15) is 38.3 Å². The lowest BCUT2D eigenvalue weighted by Gasteiger charge is -2.40. The average molecular weight is 611 g/mol. The lowest BCUT2D eigenvalue weighted by atomic mass is 10.00. The van der Waals surface area contributed by atoms with Crippen LogP contribution in [0, 0.1) is 0 Å². The van der Waals surface area contributed by atoms with Crippen LogP contribution in [-0.2, 0) is 27.1 Å². The quantitative estimate of drug-likeness (QED) is 0.254. The van der Waals surface area contributed by atoms with E-state index in [-0.39, 0.29) is 48.7 Å². The predicted molar refractivity (Wildman–Crippen MR) is 152 cm³/mol. The molecule has 0 aliphatic carbocycles. The van der Waals surface area contributed by atoms with Crippen LogP contribution in [0.5, 0.6) is 5.75 Å². The Morgan fingerprint density at radius 2 is 1.77 bits per heavy atom. The summed E-state index contributed by atoms with van der Waals surface area (Å²) < 4.78 is 56.5. The fourth-order valence-corrected chi connectivity index (χ4v) is 5.00. The maximum absolute atomic E-state index is 14.0. The first kappa shape index (κ1) is 30.8. The average Bonchev–Trinajstić information content (AvgIpc) is 3.00. The van der Waals surface area contributed by atoms with Crippen LogP contribution >= 0.6 is 0 Å². The number of anilines is 1. The first-order valence-electron chi connectivity index (χ1n) is 13.8. The van der Waals surface area contributed by atoms with Crippen molar-refractivity contribution in [1.29, 1.82) is 0 Å². The molecule has 44 heavy (non-hydrogen) atoms. The van der Waals surface area contributed by atoms with Gasteiger partial charge in [0.25, 0.3) is 11.8 Å². The first-order chi connectivity index (χ1) is 21.1. The number of amides is 2. The van der Waals surface area contributed by atoms with Gasteiger partial charge < -0.3 is 29.5 Å². The number of hydrogen-bond acceptors (Lipinski definition) is 6. The van der Waals surface area contributed by atoms with Crippen molar-refractivity contribution in [2.75, 3.05) is 25.1 Å². The van der Waals surface area contributed by atoms with Crippen LogP contribution in [0.25, 0.3) is 0 Å². The van der Waals surface area contributed by atoms with E-state index in [1.807, 2.05) is 30.3 Å². The van der Waals surface area contributed by atoms with E-state index in [2.05, 4.69) is 5.32 Å². The van der Waals surface area contributed by atoms with Crippen molar-refractivity contribution in [1.82, 2.24) is 4.90 Å². The summed E-state index contributed by atoms with van der Waals surface area (Å²) in [4.78, 5) is 39.6. The Bertz CT molecular complexity index is 1530. The molecule has 3 atom stereocenters. The van der Waals surface area contributed by atoms with E-state index in [4.69, 9.17) is 14.2 Å². The number of nitrogens with zero attached hydrogens (tertiary/aromatic N) is 1. The molecule has 0 unspecified atom stereocenters. The fourth-order valence-electron chi connectivity index (χ4n) is 5.00. The number of nitrogens with one attached hydrogen (secondary N) is 1. The van der Waals surface area contributed by atoms with Crippen LogP contribution in [0.15, 0.2) is 84.9 Å². The van der Waals surface area contributed by atoms with E-state index in [0.717, 1.165) is 29.8 Å². The number of fused-ring (bicyclic) bond motifs is 2. The Morgan fingerprint density at radius 3 is 2.48 bits per heavy atom. The number of carboxylic acids is 1. The molecule has 3 aromatic carbocycles. The Kier molecular flexibility index (Phi) is 9.31. The lowest BCUT2D eigenvalue weighted by molar-refractivity contribution is -0.142. The zero-order valence-corrected chi connectivity index (χ0v) is 23.3. The number of carbonyl (C=O) groups excluding carboxylic acids is 2. The second-order valence-corrected chi connectivity index (χ2v) is 10.3. The largest absolute Gasteiger partial charge is 0.490 e. The van der Waals surface area contributed by atoms with Crippen LogP contribution in [-0.4, -0.2) is 65.8 Å². The monoisotopic (exact) mass is 610 g/mol. The summed E-state index contributed by atoms with van der Waals surface area (Å²) in [5.41, 5.74) is 0.485. The highest BCUT2D eigenvalue weighted by molar-refractivity contribution is 6.05. The number of benzene rings is 3. The Hall–Kier alpha value is -4.68. The van der Waals surface area contributed by atoms with Gasteiger partial charge in [-0.3, -0.25) is 14.4 Å². The number of carbonyl (C=O) groups is 3. The second kappa shape index (κ2) is 13.3. The zero-order chi connectivity index (χ0) is 31.3. The van der Waals surface area contributed by atoms with E-state index in [1.54, 1.807) is 17.1 Å². The van der Waals surface area contributed by atoms with Gasteiger partial charge in [0.15, 0.2) is 0 Å². The highest BCUT2D eigenvalue weighted by Gasteiger charge is 2.38. The molecule has 0 aromatic heterocycles. The van der Waals surface area contributed by atoms with Gasteiger partial charge in [-0.05, 0) is 48.0 Å². The molecule has 2 amide bonds. The van der Waals surface area contributed by atoms with E-state index in [1.165, 1.54) is 18.2 Å². The number of hydrogen-bond donors (Lipinski definition) is 2. The van der Waals surface area contributed by atoms with E-state index < -0.39 is 47.8 Å². The summed E-state index contributed by atoms with van der Waals surface area (Å²) >= 11 is 0. The third kappa shape index (κ3) is 7.44. The Morgan fingerprint density at radius 1 is 1.02 bits per heavy atom. The molecule has 3 aromatic rings. The molecule has 9 nitrogen and oxygen atoms in total. The number of carboxylic acid groups (broad SMARTS) is 1. The highest BCUT2D eigenvalue weighted by Crippen LogP contribution is 2.32. The normalized spacial score (nSPS) is 19.7. The van der Waals surface area contributed by atoms with Crippen molar-refractivity contribution in [3.8, 4) is 5.75 Å². The van der Waals surface area contributed by atoms with Crippen LogP contribution in [0.4, 0.5) is 18.9 Å². The van der Waals surface area contributed by atoms with Crippen LogP contribution in [0.2, 0.25) is 0 Å². The molecule has 0 saturated carbocycles. The minimum absolute atomic E-state index is 0.00718. The number of aliphatic carboxylic acids is 1. The highest BCUT2D eigenvalue weighted by atomic mass is 19.4. The van der Waals surface area contributed by atoms with Gasteiger partial charge in [0.2, 0.25) is 0 Å². The van der Waals surface area contributed by atoms with Crippen molar-refractivity contribution < 1.29 is 46.9 Å². The Balaban J connectivity index is 1.36. The van der Waals surface area contributed by atoms with Gasteiger partial charge in [-0.15, -0.1) is 0 Å². The third-order valence-electron chi connectivity index (χ3n) is 7.18. The molecule has 12 heteroatoms. The molecular formula is C32H29F3N2O7. The minimum Gasteiger partial charge on any atom is -0.490 e. The van der Waals surface area contributed by atoms with Crippen molar-refractivity contribution in [3.63, 3.8) is 0 Å². The number of ether oxygens (including phenoxy) is 3. The summed E-state index contributed by atoms with van der Waals surface area (Å²) in [6.07, 6.45) is -2.77. The summed E-state index contributed by atoms with van der Waals surface area (Å²) in [5.74, 6) is -1.89. The zero-order valence-electron chi connectivity index (χ0n) is 23.3. The van der Waals surface area contributed by atoms with E-state index in [9.17, 15) is 32.7 Å². The van der Waals surface area contributed by atoms with Gasteiger partial charge in [-0.25, -0.2) is 0 Å². The first-order valence-corrected chi connectivity index (χ1v) is 13.8. The minimum atomic E-state index is -4.53. The number of halogens is 3. The molecule has 230 valence electrons. The third-order valence-corrected chi connectivity index (χ3v) is 7.18. The fraction of sp³-hybridized carbons (Fsp3) is 0.281. The van der Waals surface area contributed by atoms with Gasteiger partial charge in [-0.2, -0.15) is 13.2 Å². The molecule has 2 N–H and O–H groups in total. The van der Waals surface area contributed by atoms with Crippen molar-refractivity contribution >= 4 is 23.5 Å². The molecule has 2 heterocycles. The molecule has 2 aliphatic heterocycles. The van der Waals surface area contributed by atoms with Gasteiger partial charge in [0.1, 0.15) is 18.5 Å². The smallest absolute Gasteiger partial charge is 0.416 e. The van der Waals surface area contributed by atoms with Gasteiger partial charge in [-0.1, -0.05) is 42.5 Å². The van der Waals surface area contributed by atoms with Gasteiger partial charge >= 0.3 is 12.1 Å². The standard InChI is InChI=1S/C32H29F3N2O7/c33-32(34,35)22-8-6-21(7-9-22)30(40)36-23-10-13-27-25(16-23)31(41)37(14-15-42-18-20-4-2-1-3-5-20)26-12-11-24(17-29(38)39)44-28(26)19-43-27/h1-13,16,24,26,28H,14-15,17-19H2,(H,36,40)(H,38,39)/t24-,26-,28-/m0/s1. The predicted octanol–water partition coefficient (Wildman–Crippen LogP) is 5.18. The molecular weight excluding hydrogens is 581 g/mol. The molecule has 0 radical (unpaired) electrons. The summed E-state index contributed by atoms with van der Waals surface area (Å²) in [6, 6.07) is 17.2. The Labute approximate surface area is 250 Å². The van der Waals surface area contributed by atoms with E-state index >= 15 is 0 Å². The van der Waals surface area contributed by atoms with Crippen molar-refractivity contribution in [2.24, 2.45) is 0 Å². The summed E-state index contributed by atoms with van der Waals surface area (Å²) in [6.45, 7) is 0.719. The number of alkyl halides is 3. The van der Waals surface area contributed by atoms with Gasteiger partial charge in [0.05, 0.1) is 42.9 Å². The molecule has 2 aliphatic rings. The van der Waals surface area contributed by atoms with Crippen LogP contribution in [0.3, 0.4) is 0 Å². The molecule has 0 saturated heterocycles. The second-order valence-electron chi connectivity index (χ2n) is 10.3. The maximum atomic E-state index is 14.0. The maximum Gasteiger partial charge on any atom is 0.416 e. The molecule has 5 rings (SSSR count). The lowest BCUT2D eigenvalue weighted by Crippen LogP contribution is -2.54. The molecule has 0 spiro atoms. The number of rotatable bonds is 9. The van der Waals surface area contributed by atoms with E-state index in [0.29, 0.717) is 6.61 Å². The summed E-state index contributed by atoms with van der Waals surface area (Å²) in [7, 11) is 0. The van der Waals surface area contributed by atoms with Crippen molar-refractivity contribution in [2.45, 2.75) is 37.5 Å². The molecule has 0 bridgehead atoms. The van der Waals surface area contributed by atoms with Crippen molar-refractivity contribution in [3.05, 3.63) is 107 Å². The summed E-state index contributed by atoms with van der Waals surface area (Å²) in [5, 5.41) is 11.9. The molecule has 0 fully saturated rings.